The molecule has 0 bridgehead atoms. The smallest absolute Gasteiger partial charge is 0.0176 e. The molecule has 0 radical (unpaired) electrons. The highest BCUT2D eigenvalue weighted by Crippen LogP contribution is 2.30. The Hall–Kier alpha value is -0.730. The molecule has 2 rings (SSSR count). The van der Waals surface area contributed by atoms with E-state index in [2.05, 4.69) is 71.4 Å². The maximum atomic E-state index is 3.44. The van der Waals surface area contributed by atoms with Crippen molar-refractivity contribution < 1.29 is 0 Å². The Bertz CT molecular complexity index is 449. The molecule has 0 aliphatic rings. The minimum Gasteiger partial charge on any atom is -0.0898 e. The molecule has 0 aliphatic carbocycles. The number of hydrogen-bond donors (Lipinski definition) is 0. The average Bonchev–Trinajstić information content (AvgIpc) is 2.37. The fourth-order valence-corrected chi connectivity index (χ4v) is 2.47. The number of aryl methyl sites for hydroxylation is 1. The summed E-state index contributed by atoms with van der Waals surface area (Å²) >= 11 is 5.24. The van der Waals surface area contributed by atoms with Gasteiger partial charge in [-0.15, -0.1) is 0 Å². The maximum absolute atomic E-state index is 3.44. The molecule has 0 amide bonds. The molecule has 0 heterocycles. The SMILES string of the molecule is CC.Cc1ccccc1Sc1ccc(Br)cc1. The van der Waals surface area contributed by atoms with Crippen LogP contribution in [0.4, 0.5) is 0 Å². The lowest BCUT2D eigenvalue weighted by molar-refractivity contribution is 1.29. The van der Waals surface area contributed by atoms with E-state index in [0.29, 0.717) is 0 Å². The minimum absolute atomic E-state index is 1.12. The molecule has 0 spiro atoms. The van der Waals surface area contributed by atoms with Gasteiger partial charge in [-0.05, 0) is 42.8 Å². The third-order valence-corrected chi connectivity index (χ3v) is 3.85. The van der Waals surface area contributed by atoms with E-state index in [9.17, 15) is 0 Å². The van der Waals surface area contributed by atoms with Crippen LogP contribution in [0.3, 0.4) is 0 Å². The predicted octanol–water partition coefficient (Wildman–Crippen LogP) is 5.93. The van der Waals surface area contributed by atoms with Crippen molar-refractivity contribution in [3.05, 3.63) is 58.6 Å². The standard InChI is InChI=1S/C13H11BrS.C2H6/c1-10-4-2-3-5-13(10)15-12-8-6-11(14)7-9-12;1-2/h2-9H,1H3;1-2H3. The molecular formula is C15H17BrS. The van der Waals surface area contributed by atoms with E-state index in [1.54, 1.807) is 11.8 Å². The van der Waals surface area contributed by atoms with Crippen LogP contribution >= 0.6 is 27.7 Å². The molecule has 2 aromatic rings. The second-order valence-electron chi connectivity index (χ2n) is 3.32. The van der Waals surface area contributed by atoms with Crippen molar-refractivity contribution in [1.29, 1.82) is 0 Å². The highest BCUT2D eigenvalue weighted by molar-refractivity contribution is 9.10. The summed E-state index contributed by atoms with van der Waals surface area (Å²) in [4.78, 5) is 2.59. The van der Waals surface area contributed by atoms with Crippen LogP contribution in [0.2, 0.25) is 0 Å². The Kier molecular flexibility index (Phi) is 6.38. The van der Waals surface area contributed by atoms with Crippen LogP contribution in [0.15, 0.2) is 62.8 Å². The van der Waals surface area contributed by atoms with Crippen molar-refractivity contribution in [2.24, 2.45) is 0 Å². The van der Waals surface area contributed by atoms with Gasteiger partial charge >= 0.3 is 0 Å². The second-order valence-corrected chi connectivity index (χ2v) is 5.35. The van der Waals surface area contributed by atoms with Gasteiger partial charge in [0.2, 0.25) is 0 Å². The molecule has 0 atom stereocenters. The van der Waals surface area contributed by atoms with Gasteiger partial charge < -0.3 is 0 Å². The van der Waals surface area contributed by atoms with Crippen LogP contribution in [-0.4, -0.2) is 0 Å². The third kappa shape index (κ3) is 4.57. The number of halogens is 1. The van der Waals surface area contributed by atoms with Gasteiger partial charge in [-0.2, -0.15) is 0 Å². The van der Waals surface area contributed by atoms with Crippen LogP contribution in [0.1, 0.15) is 19.4 Å². The van der Waals surface area contributed by atoms with Crippen LogP contribution in [0.5, 0.6) is 0 Å². The first-order valence-electron chi connectivity index (χ1n) is 5.75. The Balaban J connectivity index is 0.000000686. The van der Waals surface area contributed by atoms with E-state index < -0.39 is 0 Å². The highest BCUT2D eigenvalue weighted by atomic mass is 79.9. The largest absolute Gasteiger partial charge is 0.0898 e. The molecule has 90 valence electrons. The Morgan fingerprint density at radius 3 is 2.06 bits per heavy atom. The Labute approximate surface area is 117 Å². The van der Waals surface area contributed by atoms with Gasteiger partial charge in [0.25, 0.3) is 0 Å². The van der Waals surface area contributed by atoms with Gasteiger partial charge in [0.15, 0.2) is 0 Å². The summed E-state index contributed by atoms with van der Waals surface area (Å²) in [5, 5.41) is 0. The lowest BCUT2D eigenvalue weighted by Gasteiger charge is -2.04. The van der Waals surface area contributed by atoms with Crippen molar-refractivity contribution >= 4 is 27.7 Å². The normalized spacial score (nSPS) is 9.41. The van der Waals surface area contributed by atoms with E-state index in [1.165, 1.54) is 15.4 Å². The summed E-state index contributed by atoms with van der Waals surface area (Å²) < 4.78 is 1.12. The summed E-state index contributed by atoms with van der Waals surface area (Å²) in [6, 6.07) is 16.8. The number of rotatable bonds is 2. The number of hydrogen-bond acceptors (Lipinski definition) is 1. The van der Waals surface area contributed by atoms with Gasteiger partial charge in [0.05, 0.1) is 0 Å². The minimum atomic E-state index is 1.12. The zero-order chi connectivity index (χ0) is 12.7. The molecule has 0 saturated carbocycles. The second kappa shape index (κ2) is 7.57. The first-order chi connectivity index (χ1) is 8.25. The van der Waals surface area contributed by atoms with Gasteiger partial charge in [-0.1, -0.05) is 59.7 Å². The summed E-state index contributed by atoms with van der Waals surface area (Å²) in [5.41, 5.74) is 1.32. The molecular weight excluding hydrogens is 292 g/mol. The van der Waals surface area contributed by atoms with Crippen molar-refractivity contribution in [2.45, 2.75) is 30.6 Å². The molecule has 0 nitrogen and oxygen atoms in total. The highest BCUT2D eigenvalue weighted by Gasteiger charge is 1.99. The van der Waals surface area contributed by atoms with E-state index in [-0.39, 0.29) is 0 Å². The van der Waals surface area contributed by atoms with E-state index in [1.807, 2.05) is 13.8 Å². The topological polar surface area (TPSA) is 0 Å². The maximum Gasteiger partial charge on any atom is 0.0176 e. The number of benzene rings is 2. The van der Waals surface area contributed by atoms with E-state index in [0.717, 1.165) is 4.47 Å². The molecule has 0 saturated heterocycles. The van der Waals surface area contributed by atoms with Crippen LogP contribution in [-0.2, 0) is 0 Å². The van der Waals surface area contributed by atoms with Crippen LogP contribution < -0.4 is 0 Å². The fourth-order valence-electron chi connectivity index (χ4n) is 1.30. The lowest BCUT2D eigenvalue weighted by Crippen LogP contribution is -1.78. The quantitative estimate of drug-likeness (QED) is 0.662. The van der Waals surface area contributed by atoms with Crippen LogP contribution in [0, 0.1) is 6.92 Å². The summed E-state index contributed by atoms with van der Waals surface area (Å²) in [5.74, 6) is 0. The van der Waals surface area contributed by atoms with Crippen molar-refractivity contribution in [3.63, 3.8) is 0 Å². The first kappa shape index (κ1) is 14.3. The summed E-state index contributed by atoms with van der Waals surface area (Å²) in [6.45, 7) is 6.14. The molecule has 0 aliphatic heterocycles. The summed E-state index contributed by atoms with van der Waals surface area (Å²) in [7, 11) is 0. The average molecular weight is 309 g/mol. The van der Waals surface area contributed by atoms with Crippen molar-refractivity contribution in [2.75, 3.05) is 0 Å². The van der Waals surface area contributed by atoms with Crippen LogP contribution in [0.25, 0.3) is 0 Å². The monoisotopic (exact) mass is 308 g/mol. The van der Waals surface area contributed by atoms with Crippen molar-refractivity contribution in [1.82, 2.24) is 0 Å². The first-order valence-corrected chi connectivity index (χ1v) is 7.36. The van der Waals surface area contributed by atoms with Gasteiger partial charge in [0.1, 0.15) is 0 Å². The molecule has 0 unspecified atom stereocenters. The Morgan fingerprint density at radius 2 is 1.47 bits per heavy atom. The molecule has 0 fully saturated rings. The zero-order valence-electron chi connectivity index (χ0n) is 10.4. The van der Waals surface area contributed by atoms with E-state index >= 15 is 0 Å². The molecule has 0 aromatic heterocycles. The molecule has 17 heavy (non-hydrogen) atoms. The Morgan fingerprint density at radius 1 is 0.882 bits per heavy atom. The van der Waals surface area contributed by atoms with Gasteiger partial charge in [0, 0.05) is 14.3 Å². The molecule has 2 heteroatoms. The molecule has 2 aromatic carbocycles. The zero-order valence-corrected chi connectivity index (χ0v) is 12.8. The summed E-state index contributed by atoms with van der Waals surface area (Å²) in [6.07, 6.45) is 0. The lowest BCUT2D eigenvalue weighted by atomic mass is 10.2. The van der Waals surface area contributed by atoms with Gasteiger partial charge in [-0.25, -0.2) is 0 Å². The molecule has 0 N–H and O–H groups in total. The third-order valence-electron chi connectivity index (χ3n) is 2.14. The van der Waals surface area contributed by atoms with E-state index in [4.69, 9.17) is 0 Å². The van der Waals surface area contributed by atoms with Gasteiger partial charge in [-0.3, -0.25) is 0 Å². The fraction of sp³-hybridized carbons (Fsp3) is 0.200. The van der Waals surface area contributed by atoms with Crippen molar-refractivity contribution in [3.8, 4) is 0 Å². The predicted molar refractivity (Wildman–Crippen MR) is 80.8 cm³/mol.